The van der Waals surface area contributed by atoms with E-state index >= 15 is 0 Å². The predicted molar refractivity (Wildman–Crippen MR) is 75.2 cm³/mol. The number of hydrogen-bond acceptors (Lipinski definition) is 3. The number of benzene rings is 1. The Morgan fingerprint density at radius 3 is 2.32 bits per heavy atom. The molecular formula is C15H22N2O2. The zero-order valence-electron chi connectivity index (χ0n) is 11.7. The summed E-state index contributed by atoms with van der Waals surface area (Å²) in [6, 6.07) is 9.05. The highest BCUT2D eigenvalue weighted by molar-refractivity contribution is 5.69. The molecule has 1 aliphatic heterocycles. The fourth-order valence-corrected chi connectivity index (χ4v) is 2.56. The van der Waals surface area contributed by atoms with Gasteiger partial charge in [-0.3, -0.25) is 14.6 Å². The molecule has 1 heterocycles. The average molecular weight is 262 g/mol. The van der Waals surface area contributed by atoms with E-state index in [-0.39, 0.29) is 6.54 Å². The Kier molecular flexibility index (Phi) is 4.56. The van der Waals surface area contributed by atoms with E-state index < -0.39 is 5.97 Å². The molecule has 0 radical (unpaired) electrons. The molecule has 104 valence electrons. The molecule has 1 atom stereocenters. The molecular weight excluding hydrogens is 240 g/mol. The summed E-state index contributed by atoms with van der Waals surface area (Å²) < 4.78 is 0. The fourth-order valence-electron chi connectivity index (χ4n) is 2.56. The lowest BCUT2D eigenvalue weighted by Gasteiger charge is -2.37. The lowest BCUT2D eigenvalue weighted by atomic mass is 10.0. The predicted octanol–water partition coefficient (Wildman–Crippen LogP) is 1.76. The average Bonchev–Trinajstić information content (AvgIpc) is 2.39. The smallest absolute Gasteiger partial charge is 0.317 e. The van der Waals surface area contributed by atoms with Gasteiger partial charge in [0.25, 0.3) is 0 Å². The number of piperazine rings is 1. The van der Waals surface area contributed by atoms with Crippen LogP contribution in [0.5, 0.6) is 0 Å². The van der Waals surface area contributed by atoms with Crippen molar-refractivity contribution in [2.45, 2.75) is 19.9 Å². The summed E-state index contributed by atoms with van der Waals surface area (Å²) in [5, 5.41) is 8.79. The molecule has 0 amide bonds. The Balaban J connectivity index is 1.90. The van der Waals surface area contributed by atoms with Gasteiger partial charge in [-0.2, -0.15) is 0 Å². The van der Waals surface area contributed by atoms with Crippen molar-refractivity contribution in [1.29, 1.82) is 0 Å². The number of hydrogen-bond donors (Lipinski definition) is 1. The van der Waals surface area contributed by atoms with Crippen molar-refractivity contribution in [2.75, 3.05) is 32.7 Å². The van der Waals surface area contributed by atoms with Gasteiger partial charge in [-0.15, -0.1) is 0 Å². The minimum absolute atomic E-state index is 0.159. The number of nitrogens with zero attached hydrogens (tertiary/aromatic N) is 2. The zero-order chi connectivity index (χ0) is 13.8. The van der Waals surface area contributed by atoms with Crippen LogP contribution in [0, 0.1) is 6.92 Å². The number of rotatable bonds is 4. The van der Waals surface area contributed by atoms with Crippen molar-refractivity contribution in [3.05, 3.63) is 35.4 Å². The second-order valence-corrected chi connectivity index (χ2v) is 5.29. The third-order valence-corrected chi connectivity index (χ3v) is 3.87. The minimum atomic E-state index is -0.736. The quantitative estimate of drug-likeness (QED) is 0.898. The van der Waals surface area contributed by atoms with E-state index in [1.54, 1.807) is 0 Å². The Morgan fingerprint density at radius 2 is 1.79 bits per heavy atom. The number of aryl methyl sites for hydroxylation is 1. The van der Waals surface area contributed by atoms with Gasteiger partial charge < -0.3 is 5.11 Å². The summed E-state index contributed by atoms with van der Waals surface area (Å²) in [7, 11) is 0. The fraction of sp³-hybridized carbons (Fsp3) is 0.533. The SMILES string of the molecule is Cc1ccc(C(C)N2CCN(CC(=O)O)CC2)cc1. The van der Waals surface area contributed by atoms with Gasteiger partial charge in [-0.25, -0.2) is 0 Å². The normalized spacial score (nSPS) is 19.3. The molecule has 4 nitrogen and oxygen atoms in total. The summed E-state index contributed by atoms with van der Waals surface area (Å²) in [5.74, 6) is -0.736. The maximum atomic E-state index is 10.7. The van der Waals surface area contributed by atoms with E-state index in [4.69, 9.17) is 5.11 Å². The molecule has 19 heavy (non-hydrogen) atoms. The maximum Gasteiger partial charge on any atom is 0.317 e. The first-order valence-corrected chi connectivity index (χ1v) is 6.81. The van der Waals surface area contributed by atoms with Crippen molar-refractivity contribution >= 4 is 5.97 Å². The summed E-state index contributed by atoms with van der Waals surface area (Å²) >= 11 is 0. The standard InChI is InChI=1S/C15H22N2O2/c1-12-3-5-14(6-4-12)13(2)17-9-7-16(8-10-17)11-15(18)19/h3-6,13H,7-11H2,1-2H3,(H,18,19). The van der Waals surface area contributed by atoms with E-state index in [1.165, 1.54) is 11.1 Å². The monoisotopic (exact) mass is 262 g/mol. The Labute approximate surface area is 114 Å². The highest BCUT2D eigenvalue weighted by Crippen LogP contribution is 2.21. The molecule has 4 heteroatoms. The summed E-state index contributed by atoms with van der Waals surface area (Å²) in [5.41, 5.74) is 2.61. The number of carbonyl (C=O) groups is 1. The topological polar surface area (TPSA) is 43.8 Å². The third-order valence-electron chi connectivity index (χ3n) is 3.87. The van der Waals surface area contributed by atoms with Crippen LogP contribution in [0.2, 0.25) is 0 Å². The highest BCUT2D eigenvalue weighted by atomic mass is 16.4. The van der Waals surface area contributed by atoms with Gasteiger partial charge >= 0.3 is 5.97 Å². The van der Waals surface area contributed by atoms with Crippen LogP contribution in [0.15, 0.2) is 24.3 Å². The van der Waals surface area contributed by atoms with Gasteiger partial charge in [-0.1, -0.05) is 29.8 Å². The van der Waals surface area contributed by atoms with Crippen LogP contribution in [-0.4, -0.2) is 53.6 Å². The molecule has 0 aromatic heterocycles. The molecule has 0 saturated carbocycles. The largest absolute Gasteiger partial charge is 0.480 e. The highest BCUT2D eigenvalue weighted by Gasteiger charge is 2.22. The van der Waals surface area contributed by atoms with Crippen LogP contribution in [0.1, 0.15) is 24.1 Å². The minimum Gasteiger partial charge on any atom is -0.480 e. The second kappa shape index (κ2) is 6.17. The van der Waals surface area contributed by atoms with Crippen LogP contribution in [0.3, 0.4) is 0 Å². The third kappa shape index (κ3) is 3.78. The number of aliphatic carboxylic acids is 1. The van der Waals surface area contributed by atoms with E-state index in [1.807, 2.05) is 4.90 Å². The van der Waals surface area contributed by atoms with E-state index in [2.05, 4.69) is 43.0 Å². The number of carboxylic acid groups (broad SMARTS) is 1. The molecule has 1 aromatic rings. The molecule has 1 saturated heterocycles. The summed E-state index contributed by atoms with van der Waals surface area (Å²) in [6.45, 7) is 8.01. The Hall–Kier alpha value is -1.39. The summed E-state index contributed by atoms with van der Waals surface area (Å²) in [6.07, 6.45) is 0. The lowest BCUT2D eigenvalue weighted by molar-refractivity contribution is -0.138. The molecule has 1 aliphatic rings. The van der Waals surface area contributed by atoms with Gasteiger partial charge in [-0.05, 0) is 19.4 Å². The van der Waals surface area contributed by atoms with Crippen LogP contribution in [-0.2, 0) is 4.79 Å². The second-order valence-electron chi connectivity index (χ2n) is 5.29. The van der Waals surface area contributed by atoms with Crippen LogP contribution < -0.4 is 0 Å². The Morgan fingerprint density at radius 1 is 1.21 bits per heavy atom. The van der Waals surface area contributed by atoms with Crippen LogP contribution >= 0.6 is 0 Å². The zero-order valence-corrected chi connectivity index (χ0v) is 11.7. The van der Waals surface area contributed by atoms with Gasteiger partial charge in [0.2, 0.25) is 0 Å². The maximum absolute atomic E-state index is 10.7. The van der Waals surface area contributed by atoms with Crippen LogP contribution in [0.25, 0.3) is 0 Å². The van der Waals surface area contributed by atoms with Gasteiger partial charge in [0.05, 0.1) is 6.54 Å². The van der Waals surface area contributed by atoms with E-state index in [9.17, 15) is 4.79 Å². The molecule has 1 fully saturated rings. The first-order chi connectivity index (χ1) is 9.06. The van der Waals surface area contributed by atoms with Crippen molar-refractivity contribution < 1.29 is 9.90 Å². The van der Waals surface area contributed by atoms with Gasteiger partial charge in [0, 0.05) is 32.2 Å². The van der Waals surface area contributed by atoms with Crippen molar-refractivity contribution in [1.82, 2.24) is 9.80 Å². The first kappa shape index (κ1) is 14.0. The Bertz CT molecular complexity index is 422. The van der Waals surface area contributed by atoms with Crippen molar-refractivity contribution in [3.8, 4) is 0 Å². The van der Waals surface area contributed by atoms with Gasteiger partial charge in [0.1, 0.15) is 0 Å². The molecule has 2 rings (SSSR count). The van der Waals surface area contributed by atoms with Crippen molar-refractivity contribution in [3.63, 3.8) is 0 Å². The van der Waals surface area contributed by atoms with E-state index in [0.29, 0.717) is 6.04 Å². The van der Waals surface area contributed by atoms with Gasteiger partial charge in [0.15, 0.2) is 0 Å². The lowest BCUT2D eigenvalue weighted by Crippen LogP contribution is -2.48. The molecule has 1 aromatic carbocycles. The number of carboxylic acids is 1. The first-order valence-electron chi connectivity index (χ1n) is 6.81. The molecule has 0 aliphatic carbocycles. The van der Waals surface area contributed by atoms with E-state index in [0.717, 1.165) is 26.2 Å². The summed E-state index contributed by atoms with van der Waals surface area (Å²) in [4.78, 5) is 15.1. The van der Waals surface area contributed by atoms with Crippen LogP contribution in [0.4, 0.5) is 0 Å². The molecule has 0 bridgehead atoms. The molecule has 1 N–H and O–H groups in total. The molecule has 0 spiro atoms. The molecule has 1 unspecified atom stereocenters. The van der Waals surface area contributed by atoms with Crippen molar-refractivity contribution in [2.24, 2.45) is 0 Å².